The smallest absolute Gasteiger partial charge is 0.244 e. The molecule has 1 fully saturated rings. The Morgan fingerprint density at radius 2 is 1.63 bits per heavy atom. The number of hydrogen-bond acceptors (Lipinski definition) is 4. The minimum atomic E-state index is -3.82. The van der Waals surface area contributed by atoms with Crippen molar-refractivity contribution in [3.05, 3.63) is 29.3 Å². The number of hydrogen-bond donors (Lipinski definition) is 1. The van der Waals surface area contributed by atoms with E-state index in [0.29, 0.717) is 0 Å². The summed E-state index contributed by atoms with van der Waals surface area (Å²) in [7, 11) is -3.82. The Morgan fingerprint density at radius 1 is 1.05 bits per heavy atom. The van der Waals surface area contributed by atoms with Crippen LogP contribution < -0.4 is 5.32 Å². The molecule has 0 bridgehead atoms. The maximum absolute atomic E-state index is 12.3. The number of amides is 2. The molecule has 2 amide bonds. The predicted octanol–water partition coefficient (Wildman–Crippen LogP) is -0.0495. The average molecular weight is 282 g/mol. The van der Waals surface area contributed by atoms with Gasteiger partial charge in [-0.2, -0.15) is 4.31 Å². The molecular formula is C12H14N2O4S. The number of rotatable bonds is 2. The lowest BCUT2D eigenvalue weighted by atomic mass is 10.1. The highest BCUT2D eigenvalue weighted by Gasteiger charge is 2.32. The predicted molar refractivity (Wildman–Crippen MR) is 67.8 cm³/mol. The number of carbonyl (C=O) groups excluding carboxylic acids is 2. The number of aryl methyl sites for hydroxylation is 2. The summed E-state index contributed by atoms with van der Waals surface area (Å²) in [6.45, 7) is 3.02. The third-order valence-electron chi connectivity index (χ3n) is 3.03. The van der Waals surface area contributed by atoms with Gasteiger partial charge in [0.1, 0.15) is 0 Å². The van der Waals surface area contributed by atoms with Gasteiger partial charge < -0.3 is 0 Å². The molecule has 1 N–H and O–H groups in total. The summed E-state index contributed by atoms with van der Waals surface area (Å²) >= 11 is 0. The van der Waals surface area contributed by atoms with Crippen molar-refractivity contribution in [3.8, 4) is 0 Å². The topological polar surface area (TPSA) is 83.6 Å². The van der Waals surface area contributed by atoms with Crippen LogP contribution in [0.1, 0.15) is 11.1 Å². The fourth-order valence-electron chi connectivity index (χ4n) is 1.80. The van der Waals surface area contributed by atoms with E-state index in [9.17, 15) is 18.0 Å². The molecule has 6 nitrogen and oxygen atoms in total. The highest BCUT2D eigenvalue weighted by molar-refractivity contribution is 7.89. The van der Waals surface area contributed by atoms with Crippen LogP contribution in [-0.2, 0) is 19.6 Å². The fourth-order valence-corrected chi connectivity index (χ4v) is 3.24. The van der Waals surface area contributed by atoms with Crippen molar-refractivity contribution in [1.29, 1.82) is 0 Å². The molecule has 0 saturated carbocycles. The van der Waals surface area contributed by atoms with Gasteiger partial charge in [0.2, 0.25) is 21.8 Å². The number of piperazine rings is 1. The van der Waals surface area contributed by atoms with Crippen LogP contribution in [0.3, 0.4) is 0 Å². The van der Waals surface area contributed by atoms with Gasteiger partial charge in [0, 0.05) is 0 Å². The van der Waals surface area contributed by atoms with Gasteiger partial charge in [-0.25, -0.2) is 8.42 Å². The van der Waals surface area contributed by atoms with E-state index in [1.807, 2.05) is 13.8 Å². The van der Waals surface area contributed by atoms with Gasteiger partial charge in [-0.05, 0) is 37.1 Å². The van der Waals surface area contributed by atoms with E-state index < -0.39 is 21.8 Å². The van der Waals surface area contributed by atoms with Crippen molar-refractivity contribution in [1.82, 2.24) is 9.62 Å². The highest BCUT2D eigenvalue weighted by Crippen LogP contribution is 2.19. The first-order chi connectivity index (χ1) is 8.80. The Kier molecular flexibility index (Phi) is 3.42. The molecule has 19 heavy (non-hydrogen) atoms. The summed E-state index contributed by atoms with van der Waals surface area (Å²) in [6.07, 6.45) is 0. The van der Waals surface area contributed by atoms with Gasteiger partial charge in [0.25, 0.3) is 0 Å². The summed E-state index contributed by atoms with van der Waals surface area (Å²) in [5.74, 6) is -1.22. The highest BCUT2D eigenvalue weighted by atomic mass is 32.2. The van der Waals surface area contributed by atoms with E-state index in [2.05, 4.69) is 5.32 Å². The Morgan fingerprint density at radius 3 is 2.16 bits per heavy atom. The molecule has 0 spiro atoms. The minimum absolute atomic E-state index is 0.0955. The van der Waals surface area contributed by atoms with Gasteiger partial charge in [-0.3, -0.25) is 14.9 Å². The number of imide groups is 1. The standard InChI is InChI=1S/C12H14N2O4S/c1-8-3-4-10(5-9(8)2)19(17,18)14-6-11(15)13-12(16)7-14/h3-5H,6-7H2,1-2H3,(H,13,15,16). The number of carbonyl (C=O) groups is 2. The number of benzene rings is 1. The number of sulfonamides is 1. The zero-order valence-electron chi connectivity index (χ0n) is 10.6. The lowest BCUT2D eigenvalue weighted by Crippen LogP contribution is -2.53. The molecule has 7 heteroatoms. The largest absolute Gasteiger partial charge is 0.294 e. The Bertz CT molecular complexity index is 636. The van der Waals surface area contributed by atoms with Gasteiger partial charge in [0.05, 0.1) is 18.0 Å². The third kappa shape index (κ3) is 2.66. The van der Waals surface area contributed by atoms with Gasteiger partial charge >= 0.3 is 0 Å². The quantitative estimate of drug-likeness (QED) is 0.771. The zero-order chi connectivity index (χ0) is 14.2. The Balaban J connectivity index is 2.39. The summed E-state index contributed by atoms with van der Waals surface area (Å²) in [4.78, 5) is 22.6. The van der Waals surface area contributed by atoms with Crippen molar-refractivity contribution in [2.75, 3.05) is 13.1 Å². The minimum Gasteiger partial charge on any atom is -0.294 e. The number of nitrogens with zero attached hydrogens (tertiary/aromatic N) is 1. The molecule has 0 aliphatic carbocycles. The number of nitrogens with one attached hydrogen (secondary N) is 1. The molecule has 2 rings (SSSR count). The van der Waals surface area contributed by atoms with Gasteiger partial charge in [-0.15, -0.1) is 0 Å². The molecule has 1 saturated heterocycles. The van der Waals surface area contributed by atoms with Crippen LogP contribution in [0.2, 0.25) is 0 Å². The first-order valence-corrected chi connectivity index (χ1v) is 7.15. The SMILES string of the molecule is Cc1ccc(S(=O)(=O)N2CC(=O)NC(=O)C2)cc1C. The lowest BCUT2D eigenvalue weighted by molar-refractivity contribution is -0.134. The Hall–Kier alpha value is -1.73. The average Bonchev–Trinajstić information content (AvgIpc) is 2.31. The van der Waals surface area contributed by atoms with Crippen LogP contribution >= 0.6 is 0 Å². The molecule has 102 valence electrons. The van der Waals surface area contributed by atoms with Crippen LogP contribution in [0, 0.1) is 13.8 Å². The molecule has 0 aromatic heterocycles. The molecule has 1 aliphatic heterocycles. The second-order valence-electron chi connectivity index (χ2n) is 4.49. The van der Waals surface area contributed by atoms with E-state index in [4.69, 9.17) is 0 Å². The summed E-state index contributed by atoms with van der Waals surface area (Å²) in [5, 5.41) is 2.07. The maximum atomic E-state index is 12.3. The van der Waals surface area contributed by atoms with E-state index in [0.717, 1.165) is 15.4 Å². The normalized spacial score (nSPS) is 17.4. The van der Waals surface area contributed by atoms with Crippen LogP contribution in [0.15, 0.2) is 23.1 Å². The molecule has 0 atom stereocenters. The summed E-state index contributed by atoms with van der Waals surface area (Å²) in [6, 6.07) is 4.73. The van der Waals surface area contributed by atoms with Crippen LogP contribution in [-0.4, -0.2) is 37.6 Å². The van der Waals surface area contributed by atoms with E-state index in [-0.39, 0.29) is 18.0 Å². The van der Waals surface area contributed by atoms with Gasteiger partial charge in [-0.1, -0.05) is 6.07 Å². The van der Waals surface area contributed by atoms with E-state index in [1.54, 1.807) is 12.1 Å². The maximum Gasteiger partial charge on any atom is 0.244 e. The molecule has 1 aromatic carbocycles. The van der Waals surface area contributed by atoms with Crippen molar-refractivity contribution in [2.45, 2.75) is 18.7 Å². The fraction of sp³-hybridized carbons (Fsp3) is 0.333. The first-order valence-electron chi connectivity index (χ1n) is 5.71. The van der Waals surface area contributed by atoms with Crippen molar-refractivity contribution >= 4 is 21.8 Å². The second-order valence-corrected chi connectivity index (χ2v) is 6.43. The van der Waals surface area contributed by atoms with E-state index >= 15 is 0 Å². The lowest BCUT2D eigenvalue weighted by Gasteiger charge is -2.25. The zero-order valence-corrected chi connectivity index (χ0v) is 11.5. The Labute approximate surface area is 111 Å². The van der Waals surface area contributed by atoms with Crippen molar-refractivity contribution in [3.63, 3.8) is 0 Å². The van der Waals surface area contributed by atoms with E-state index in [1.165, 1.54) is 6.07 Å². The van der Waals surface area contributed by atoms with Crippen LogP contribution in [0.5, 0.6) is 0 Å². The van der Waals surface area contributed by atoms with Crippen LogP contribution in [0.4, 0.5) is 0 Å². The monoisotopic (exact) mass is 282 g/mol. The molecular weight excluding hydrogens is 268 g/mol. The molecule has 1 heterocycles. The van der Waals surface area contributed by atoms with Crippen LogP contribution in [0.25, 0.3) is 0 Å². The first kappa shape index (κ1) is 13.7. The third-order valence-corrected chi connectivity index (χ3v) is 4.82. The second kappa shape index (κ2) is 4.75. The molecule has 1 aromatic rings. The van der Waals surface area contributed by atoms with Gasteiger partial charge in [0.15, 0.2) is 0 Å². The summed E-state index contributed by atoms with van der Waals surface area (Å²) < 4.78 is 25.6. The molecule has 0 unspecified atom stereocenters. The van der Waals surface area contributed by atoms with Crippen molar-refractivity contribution < 1.29 is 18.0 Å². The molecule has 1 aliphatic rings. The summed E-state index contributed by atoms with van der Waals surface area (Å²) in [5.41, 5.74) is 1.82. The molecule has 0 radical (unpaired) electrons. The van der Waals surface area contributed by atoms with Crippen molar-refractivity contribution in [2.24, 2.45) is 0 Å².